The average molecular weight is 588 g/mol. The van der Waals surface area contributed by atoms with Crippen LogP contribution in [0.1, 0.15) is 22.5 Å². The molecule has 3 aromatic carbocycles. The molecule has 0 atom stereocenters. The second-order valence-electron chi connectivity index (χ2n) is 10.3. The third-order valence-corrected chi connectivity index (χ3v) is 8.45. The maximum Gasteiger partial charge on any atom is 0.262 e. The third-order valence-electron chi connectivity index (χ3n) is 7.30. The van der Waals surface area contributed by atoms with Gasteiger partial charge < -0.3 is 4.74 Å². The minimum absolute atomic E-state index is 0.0733. The summed E-state index contributed by atoms with van der Waals surface area (Å²) in [5.41, 5.74) is 5.32. The number of halogens is 1. The SMILES string of the molecule is Cc1ccc(-c2ccc(-c3c(C)nc(-c4cccc(F)c4OCc4ccccc4)n(CCc4ccccc4)c3=O)s2)cn1. The number of benzene rings is 3. The first kappa shape index (κ1) is 28.2. The summed E-state index contributed by atoms with van der Waals surface area (Å²) in [6.07, 6.45) is 2.45. The standard InChI is InChI=1S/C36H30FN3O2S/c1-24-16-17-28(22-38-24)31-18-19-32(43-31)33-25(2)39-35(40(36(33)41)21-20-26-10-5-3-6-11-26)29-14-9-15-30(37)34(29)42-23-27-12-7-4-8-13-27/h3-19,22H,20-21,23H2,1-2H3. The van der Waals surface area contributed by atoms with Crippen molar-refractivity contribution in [2.24, 2.45) is 0 Å². The molecule has 6 aromatic rings. The summed E-state index contributed by atoms with van der Waals surface area (Å²) in [7, 11) is 0. The summed E-state index contributed by atoms with van der Waals surface area (Å²) in [6.45, 7) is 4.34. The van der Waals surface area contributed by atoms with Gasteiger partial charge in [0.25, 0.3) is 5.56 Å². The number of aromatic nitrogens is 3. The zero-order valence-electron chi connectivity index (χ0n) is 24.0. The largest absolute Gasteiger partial charge is 0.485 e. The molecule has 0 fully saturated rings. The Morgan fingerprint density at radius 2 is 1.53 bits per heavy atom. The van der Waals surface area contributed by atoms with Crippen molar-refractivity contribution in [2.45, 2.75) is 33.4 Å². The Bertz CT molecular complexity index is 1920. The van der Waals surface area contributed by atoms with Gasteiger partial charge in [-0.3, -0.25) is 14.3 Å². The minimum atomic E-state index is -0.506. The van der Waals surface area contributed by atoms with E-state index in [-0.39, 0.29) is 17.9 Å². The molecule has 3 heterocycles. The molecule has 0 aliphatic carbocycles. The molecule has 7 heteroatoms. The molecular formula is C36H30FN3O2S. The molecular weight excluding hydrogens is 557 g/mol. The molecule has 0 radical (unpaired) electrons. The summed E-state index contributed by atoms with van der Waals surface area (Å²) in [5, 5.41) is 0. The van der Waals surface area contributed by atoms with Crippen molar-refractivity contribution >= 4 is 11.3 Å². The zero-order chi connectivity index (χ0) is 29.8. The highest BCUT2D eigenvalue weighted by molar-refractivity contribution is 7.18. The van der Waals surface area contributed by atoms with Crippen LogP contribution in [0.5, 0.6) is 5.75 Å². The van der Waals surface area contributed by atoms with Crippen LogP contribution >= 0.6 is 11.3 Å². The zero-order valence-corrected chi connectivity index (χ0v) is 24.8. The Morgan fingerprint density at radius 3 is 2.26 bits per heavy atom. The lowest BCUT2D eigenvalue weighted by Crippen LogP contribution is -2.27. The van der Waals surface area contributed by atoms with Gasteiger partial charge in [0.1, 0.15) is 12.4 Å². The Balaban J connectivity index is 1.45. The van der Waals surface area contributed by atoms with Crippen LogP contribution in [0.15, 0.2) is 114 Å². The van der Waals surface area contributed by atoms with E-state index in [2.05, 4.69) is 4.98 Å². The number of aryl methyl sites for hydroxylation is 3. The molecule has 5 nitrogen and oxygen atoms in total. The fourth-order valence-corrected chi connectivity index (χ4v) is 6.13. The molecule has 0 amide bonds. The molecule has 214 valence electrons. The number of pyridine rings is 1. The molecule has 0 unspecified atom stereocenters. The number of hydrogen-bond acceptors (Lipinski definition) is 5. The van der Waals surface area contributed by atoms with Crippen LogP contribution in [-0.2, 0) is 19.6 Å². The van der Waals surface area contributed by atoms with E-state index < -0.39 is 5.82 Å². The van der Waals surface area contributed by atoms with E-state index in [1.807, 2.05) is 105 Å². The van der Waals surface area contributed by atoms with Crippen molar-refractivity contribution in [1.29, 1.82) is 0 Å². The second kappa shape index (κ2) is 12.5. The van der Waals surface area contributed by atoms with Crippen molar-refractivity contribution in [3.8, 4) is 38.0 Å². The number of ether oxygens (including phenoxy) is 1. The van der Waals surface area contributed by atoms with Crippen molar-refractivity contribution in [3.63, 3.8) is 0 Å². The lowest BCUT2D eigenvalue weighted by atomic mass is 10.1. The number of nitrogens with zero attached hydrogens (tertiary/aromatic N) is 3. The predicted molar refractivity (Wildman–Crippen MR) is 171 cm³/mol. The van der Waals surface area contributed by atoms with E-state index >= 15 is 4.39 Å². The highest BCUT2D eigenvalue weighted by atomic mass is 32.1. The van der Waals surface area contributed by atoms with Gasteiger partial charge in [-0.05, 0) is 61.7 Å². The Hall–Kier alpha value is -4.88. The average Bonchev–Trinajstić information content (AvgIpc) is 3.51. The Labute approximate surface area is 253 Å². The molecule has 43 heavy (non-hydrogen) atoms. The van der Waals surface area contributed by atoms with E-state index in [1.54, 1.807) is 16.7 Å². The molecule has 0 bridgehead atoms. The first-order valence-corrected chi connectivity index (χ1v) is 14.9. The van der Waals surface area contributed by atoms with Gasteiger partial charge in [0.2, 0.25) is 0 Å². The van der Waals surface area contributed by atoms with Gasteiger partial charge in [-0.25, -0.2) is 9.37 Å². The molecule has 0 spiro atoms. The van der Waals surface area contributed by atoms with Gasteiger partial charge in [-0.2, -0.15) is 0 Å². The normalized spacial score (nSPS) is 11.0. The number of rotatable bonds is 9. The number of para-hydroxylation sites is 1. The van der Waals surface area contributed by atoms with Crippen LogP contribution < -0.4 is 10.3 Å². The maximum absolute atomic E-state index is 15.3. The lowest BCUT2D eigenvalue weighted by Gasteiger charge is -2.18. The minimum Gasteiger partial charge on any atom is -0.485 e. The number of hydrogen-bond donors (Lipinski definition) is 0. The van der Waals surface area contributed by atoms with Crippen LogP contribution in [0.25, 0.3) is 32.3 Å². The molecule has 0 saturated heterocycles. The molecule has 0 aliphatic heterocycles. The third kappa shape index (κ3) is 6.17. The summed E-state index contributed by atoms with van der Waals surface area (Å²) in [6, 6.07) is 32.3. The first-order valence-electron chi connectivity index (χ1n) is 14.1. The number of thiophene rings is 1. The molecule has 0 saturated carbocycles. The van der Waals surface area contributed by atoms with Gasteiger partial charge in [-0.1, -0.05) is 72.8 Å². The maximum atomic E-state index is 15.3. The topological polar surface area (TPSA) is 57.0 Å². The van der Waals surface area contributed by atoms with E-state index in [9.17, 15) is 4.79 Å². The fourth-order valence-electron chi connectivity index (χ4n) is 5.05. The van der Waals surface area contributed by atoms with Crippen molar-refractivity contribution in [3.05, 3.63) is 148 Å². The summed E-state index contributed by atoms with van der Waals surface area (Å²) in [5.74, 6) is -0.0537. The van der Waals surface area contributed by atoms with Gasteiger partial charge >= 0.3 is 0 Å². The quantitative estimate of drug-likeness (QED) is 0.171. The van der Waals surface area contributed by atoms with Gasteiger partial charge in [0.15, 0.2) is 11.6 Å². The van der Waals surface area contributed by atoms with Crippen LogP contribution in [0.2, 0.25) is 0 Å². The van der Waals surface area contributed by atoms with Crippen LogP contribution in [0, 0.1) is 19.7 Å². The highest BCUT2D eigenvalue weighted by Crippen LogP contribution is 2.36. The Kier molecular flexibility index (Phi) is 8.24. The fraction of sp³-hybridized carbons (Fsp3) is 0.139. The summed E-state index contributed by atoms with van der Waals surface area (Å²) < 4.78 is 23.0. The Morgan fingerprint density at radius 1 is 0.814 bits per heavy atom. The van der Waals surface area contributed by atoms with Crippen molar-refractivity contribution in [2.75, 3.05) is 0 Å². The van der Waals surface area contributed by atoms with E-state index in [1.165, 1.54) is 17.4 Å². The van der Waals surface area contributed by atoms with Crippen LogP contribution in [0.3, 0.4) is 0 Å². The predicted octanol–water partition coefficient (Wildman–Crippen LogP) is 8.28. The van der Waals surface area contributed by atoms with E-state index in [0.29, 0.717) is 35.6 Å². The molecule has 6 rings (SSSR count). The molecule has 0 N–H and O–H groups in total. The van der Waals surface area contributed by atoms with E-state index in [4.69, 9.17) is 9.72 Å². The second-order valence-corrected chi connectivity index (χ2v) is 11.4. The summed E-state index contributed by atoms with van der Waals surface area (Å²) in [4.78, 5) is 25.6. The van der Waals surface area contributed by atoms with Crippen molar-refractivity contribution in [1.82, 2.24) is 14.5 Å². The molecule has 3 aromatic heterocycles. The van der Waals surface area contributed by atoms with Gasteiger partial charge in [0.05, 0.1) is 16.8 Å². The van der Waals surface area contributed by atoms with Crippen molar-refractivity contribution < 1.29 is 9.13 Å². The van der Waals surface area contributed by atoms with Crippen LogP contribution in [0.4, 0.5) is 4.39 Å². The first-order chi connectivity index (χ1) is 21.0. The van der Waals surface area contributed by atoms with E-state index in [0.717, 1.165) is 32.1 Å². The highest BCUT2D eigenvalue weighted by Gasteiger charge is 2.22. The summed E-state index contributed by atoms with van der Waals surface area (Å²) >= 11 is 1.53. The smallest absolute Gasteiger partial charge is 0.262 e. The van der Waals surface area contributed by atoms with Crippen LogP contribution in [-0.4, -0.2) is 14.5 Å². The van der Waals surface area contributed by atoms with Gasteiger partial charge in [-0.15, -0.1) is 11.3 Å². The lowest BCUT2D eigenvalue weighted by molar-refractivity contribution is 0.291. The van der Waals surface area contributed by atoms with Gasteiger partial charge in [0, 0.05) is 33.8 Å². The monoisotopic (exact) mass is 587 g/mol. The molecule has 0 aliphatic rings.